The second kappa shape index (κ2) is 6.87. The zero-order valence-electron chi connectivity index (χ0n) is 17.1. The molecule has 0 saturated heterocycles. The molecule has 1 N–H and O–H groups in total. The molecule has 6 nitrogen and oxygen atoms in total. The zero-order valence-corrected chi connectivity index (χ0v) is 17.1. The van der Waals surface area contributed by atoms with Gasteiger partial charge in [-0.25, -0.2) is 0 Å². The number of benzene rings is 2. The molecule has 1 aromatic heterocycles. The Bertz CT molecular complexity index is 1290. The number of amides is 1. The number of rotatable bonds is 2. The minimum absolute atomic E-state index is 0.0636. The first-order valence-electron chi connectivity index (χ1n) is 10.4. The minimum atomic E-state index is -4.51. The number of hydrogen-bond acceptors (Lipinski definition) is 5. The van der Waals surface area contributed by atoms with E-state index < -0.39 is 23.3 Å². The zero-order chi connectivity index (χ0) is 22.8. The van der Waals surface area contributed by atoms with Gasteiger partial charge in [0, 0.05) is 29.9 Å². The Balaban J connectivity index is 1.34. The molecule has 0 radical (unpaired) electrons. The molecule has 0 bridgehead atoms. The number of hydrogen-bond donors (Lipinski definition) is 1. The fourth-order valence-electron chi connectivity index (χ4n) is 4.76. The third-order valence-electron chi connectivity index (χ3n) is 6.31. The Labute approximate surface area is 186 Å². The van der Waals surface area contributed by atoms with Crippen LogP contribution >= 0.6 is 0 Å². The summed E-state index contributed by atoms with van der Waals surface area (Å²) in [4.78, 5) is 17.0. The standard InChI is InChI=1S/C24H17F3N2O4/c25-24(26,27)15-5-3-7-28-18(15)8-13-11-31-20-10-19-16(9-21(20)33-13)23(12-32-19)14-4-1-2-6-17(14)29-22(23)30/h1-7,9-10,13H,8,11-12H2,(H,29,30). The smallest absolute Gasteiger partial charge is 0.418 e. The van der Waals surface area contributed by atoms with Crippen molar-refractivity contribution in [3.8, 4) is 17.2 Å². The van der Waals surface area contributed by atoms with Crippen LogP contribution in [0, 0.1) is 0 Å². The summed E-state index contributed by atoms with van der Waals surface area (Å²) in [6.45, 7) is 0.203. The Hall–Kier alpha value is -3.75. The molecule has 0 fully saturated rings. The topological polar surface area (TPSA) is 69.7 Å². The number of anilines is 1. The highest BCUT2D eigenvalue weighted by molar-refractivity contribution is 6.09. The van der Waals surface area contributed by atoms with Crippen molar-refractivity contribution in [1.82, 2.24) is 4.98 Å². The van der Waals surface area contributed by atoms with Gasteiger partial charge in [-0.2, -0.15) is 13.2 Å². The van der Waals surface area contributed by atoms with Gasteiger partial charge in [0.1, 0.15) is 30.5 Å². The molecule has 6 rings (SSSR count). The van der Waals surface area contributed by atoms with Crippen molar-refractivity contribution in [2.75, 3.05) is 18.5 Å². The van der Waals surface area contributed by atoms with E-state index in [0.717, 1.165) is 17.3 Å². The van der Waals surface area contributed by atoms with E-state index in [9.17, 15) is 18.0 Å². The SMILES string of the molecule is O=C1Nc2ccccc2C12COc1cc3c(cc12)OC(Cc1ncccc1C(F)(F)F)CO3. The number of halogens is 3. The maximum atomic E-state index is 13.4. The van der Waals surface area contributed by atoms with Crippen LogP contribution in [0.1, 0.15) is 22.4 Å². The second-order valence-electron chi connectivity index (χ2n) is 8.24. The van der Waals surface area contributed by atoms with Gasteiger partial charge in [0.25, 0.3) is 0 Å². The van der Waals surface area contributed by atoms with Gasteiger partial charge in [-0.05, 0) is 29.8 Å². The number of nitrogens with one attached hydrogen (secondary N) is 1. The average molecular weight is 454 g/mol. The number of fused-ring (bicyclic) bond motifs is 5. The van der Waals surface area contributed by atoms with Gasteiger partial charge < -0.3 is 19.5 Å². The van der Waals surface area contributed by atoms with Gasteiger partial charge in [-0.3, -0.25) is 9.78 Å². The lowest BCUT2D eigenvalue weighted by Gasteiger charge is -2.28. The fourth-order valence-corrected chi connectivity index (χ4v) is 4.76. The fraction of sp³-hybridized carbons (Fsp3) is 0.250. The van der Waals surface area contributed by atoms with Crippen LogP contribution < -0.4 is 19.5 Å². The van der Waals surface area contributed by atoms with Crippen molar-refractivity contribution >= 4 is 11.6 Å². The van der Waals surface area contributed by atoms with E-state index in [-0.39, 0.29) is 31.2 Å². The summed E-state index contributed by atoms with van der Waals surface area (Å²) >= 11 is 0. The summed E-state index contributed by atoms with van der Waals surface area (Å²) in [6.07, 6.45) is -3.93. The number of carbonyl (C=O) groups is 1. The lowest BCUT2D eigenvalue weighted by atomic mass is 9.77. The number of para-hydroxylation sites is 1. The molecule has 2 unspecified atom stereocenters. The predicted octanol–water partition coefficient (Wildman–Crippen LogP) is 4.11. The van der Waals surface area contributed by atoms with Crippen LogP contribution in [-0.4, -0.2) is 30.2 Å². The molecule has 1 spiro atoms. The van der Waals surface area contributed by atoms with E-state index in [2.05, 4.69) is 10.3 Å². The Morgan fingerprint density at radius 3 is 2.73 bits per heavy atom. The van der Waals surface area contributed by atoms with Crippen molar-refractivity contribution in [2.45, 2.75) is 24.1 Å². The van der Waals surface area contributed by atoms with Crippen LogP contribution in [0.5, 0.6) is 17.2 Å². The van der Waals surface area contributed by atoms with Crippen LogP contribution in [0.4, 0.5) is 18.9 Å². The number of ether oxygens (including phenoxy) is 3. The first kappa shape index (κ1) is 19.9. The normalized spacial score (nSPS) is 22.5. The lowest BCUT2D eigenvalue weighted by Crippen LogP contribution is -2.37. The molecule has 0 saturated carbocycles. The van der Waals surface area contributed by atoms with Gasteiger partial charge in [0.05, 0.1) is 11.3 Å². The molecule has 168 valence electrons. The van der Waals surface area contributed by atoms with Gasteiger partial charge >= 0.3 is 6.18 Å². The van der Waals surface area contributed by atoms with Crippen molar-refractivity contribution in [3.05, 3.63) is 77.1 Å². The van der Waals surface area contributed by atoms with Crippen LogP contribution in [0.25, 0.3) is 0 Å². The third kappa shape index (κ3) is 2.95. The van der Waals surface area contributed by atoms with Gasteiger partial charge in [0.15, 0.2) is 11.5 Å². The summed E-state index contributed by atoms with van der Waals surface area (Å²) in [5, 5.41) is 2.91. The van der Waals surface area contributed by atoms with Crippen molar-refractivity contribution in [3.63, 3.8) is 0 Å². The molecule has 3 aromatic rings. The molecule has 1 amide bonds. The maximum absolute atomic E-state index is 13.4. The first-order chi connectivity index (χ1) is 15.9. The van der Waals surface area contributed by atoms with Crippen LogP contribution in [-0.2, 0) is 22.8 Å². The highest BCUT2D eigenvalue weighted by Gasteiger charge is 2.54. The van der Waals surface area contributed by atoms with Crippen molar-refractivity contribution < 1.29 is 32.2 Å². The van der Waals surface area contributed by atoms with E-state index in [1.54, 1.807) is 12.1 Å². The van der Waals surface area contributed by atoms with Gasteiger partial charge in [-0.1, -0.05) is 18.2 Å². The molecule has 2 aromatic carbocycles. The largest absolute Gasteiger partial charge is 0.491 e. The maximum Gasteiger partial charge on any atom is 0.418 e. The summed E-state index contributed by atoms with van der Waals surface area (Å²) in [5.74, 6) is 1.10. The van der Waals surface area contributed by atoms with E-state index in [0.29, 0.717) is 22.8 Å². The average Bonchev–Trinajstić information content (AvgIpc) is 3.30. The summed E-state index contributed by atoms with van der Waals surface area (Å²) in [7, 11) is 0. The number of pyridine rings is 1. The third-order valence-corrected chi connectivity index (χ3v) is 6.31. The molecule has 4 heterocycles. The molecule has 33 heavy (non-hydrogen) atoms. The van der Waals surface area contributed by atoms with Crippen LogP contribution in [0.3, 0.4) is 0 Å². The predicted molar refractivity (Wildman–Crippen MR) is 111 cm³/mol. The van der Waals surface area contributed by atoms with Crippen LogP contribution in [0.2, 0.25) is 0 Å². The number of carbonyl (C=O) groups excluding carboxylic acids is 1. The second-order valence-corrected chi connectivity index (χ2v) is 8.24. The van der Waals surface area contributed by atoms with E-state index in [1.165, 1.54) is 12.3 Å². The Morgan fingerprint density at radius 2 is 1.88 bits per heavy atom. The van der Waals surface area contributed by atoms with Crippen molar-refractivity contribution in [1.29, 1.82) is 0 Å². The summed E-state index contributed by atoms with van der Waals surface area (Å²) in [5.41, 5.74) is 0.266. The number of nitrogens with zero attached hydrogens (tertiary/aromatic N) is 1. The van der Waals surface area contributed by atoms with Gasteiger partial charge in [0.2, 0.25) is 5.91 Å². The van der Waals surface area contributed by atoms with Crippen molar-refractivity contribution in [2.24, 2.45) is 0 Å². The molecule has 3 aliphatic heterocycles. The van der Waals surface area contributed by atoms with E-state index in [1.807, 2.05) is 24.3 Å². The Kier molecular flexibility index (Phi) is 4.14. The van der Waals surface area contributed by atoms with Crippen LogP contribution in [0.15, 0.2) is 54.7 Å². The molecule has 3 aliphatic rings. The monoisotopic (exact) mass is 454 g/mol. The molecule has 2 atom stereocenters. The Morgan fingerprint density at radius 1 is 1.03 bits per heavy atom. The number of alkyl halides is 3. The molecule has 0 aliphatic carbocycles. The number of aromatic nitrogens is 1. The van der Waals surface area contributed by atoms with E-state index >= 15 is 0 Å². The first-order valence-corrected chi connectivity index (χ1v) is 10.4. The lowest BCUT2D eigenvalue weighted by molar-refractivity contribution is -0.138. The molecular formula is C24H17F3N2O4. The minimum Gasteiger partial charge on any atom is -0.491 e. The summed E-state index contributed by atoms with van der Waals surface area (Å²) < 4.78 is 57.8. The van der Waals surface area contributed by atoms with E-state index in [4.69, 9.17) is 14.2 Å². The highest BCUT2D eigenvalue weighted by atomic mass is 19.4. The molecule has 9 heteroatoms. The molecular weight excluding hydrogens is 437 g/mol. The highest BCUT2D eigenvalue weighted by Crippen LogP contribution is 2.53. The van der Waals surface area contributed by atoms with Gasteiger partial charge in [-0.15, -0.1) is 0 Å². The summed E-state index contributed by atoms with van der Waals surface area (Å²) in [6, 6.07) is 13.1. The quantitative estimate of drug-likeness (QED) is 0.631.